The summed E-state index contributed by atoms with van der Waals surface area (Å²) >= 11 is 1.62. The number of urea groups is 1. The number of rotatable bonds is 2. The Morgan fingerprint density at radius 3 is 2.82 bits per heavy atom. The maximum absolute atomic E-state index is 12.1. The molecule has 98 valence electrons. The van der Waals surface area contributed by atoms with Crippen molar-refractivity contribution in [2.24, 2.45) is 5.92 Å². The fourth-order valence-electron chi connectivity index (χ4n) is 2.24. The van der Waals surface area contributed by atoms with Crippen molar-refractivity contribution in [3.63, 3.8) is 0 Å². The monoisotopic (exact) mass is 278 g/mol. The van der Waals surface area contributed by atoms with Crippen molar-refractivity contribution >= 4 is 27.8 Å². The molecule has 2 rings (SSSR count). The predicted molar refractivity (Wildman–Crippen MR) is 68.5 cm³/mol. The van der Waals surface area contributed by atoms with Gasteiger partial charge in [-0.1, -0.05) is 13.8 Å². The molecule has 2 fully saturated rings. The number of nitrogens with zero attached hydrogens (tertiary/aromatic N) is 2. The van der Waals surface area contributed by atoms with Gasteiger partial charge in [0.1, 0.15) is 0 Å². The molecular weight excluding hydrogens is 260 g/mol. The zero-order valence-electron chi connectivity index (χ0n) is 10.1. The number of thioether (sulfide) groups is 1. The van der Waals surface area contributed by atoms with Crippen LogP contribution in [0.3, 0.4) is 0 Å². The van der Waals surface area contributed by atoms with Crippen LogP contribution in [0.1, 0.15) is 13.8 Å². The topological polar surface area (TPSA) is 57.7 Å². The predicted octanol–water partition coefficient (Wildman–Crippen LogP) is 0.825. The molecule has 2 aliphatic rings. The van der Waals surface area contributed by atoms with Gasteiger partial charge in [0.05, 0.1) is 11.8 Å². The van der Waals surface area contributed by atoms with Crippen LogP contribution in [0, 0.1) is 5.92 Å². The molecule has 0 bridgehead atoms. The van der Waals surface area contributed by atoms with Crippen LogP contribution in [0.25, 0.3) is 0 Å². The second-order valence-corrected chi connectivity index (χ2v) is 8.04. The van der Waals surface area contributed by atoms with E-state index in [2.05, 4.69) is 0 Å². The van der Waals surface area contributed by atoms with Gasteiger partial charge in [-0.3, -0.25) is 0 Å². The Morgan fingerprint density at radius 2 is 2.18 bits per heavy atom. The Morgan fingerprint density at radius 1 is 1.47 bits per heavy atom. The van der Waals surface area contributed by atoms with Crippen LogP contribution in [-0.2, 0) is 10.0 Å². The maximum Gasteiger partial charge on any atom is 0.334 e. The van der Waals surface area contributed by atoms with Crippen molar-refractivity contribution in [2.75, 3.05) is 30.3 Å². The minimum Gasteiger partial charge on any atom is -0.321 e. The van der Waals surface area contributed by atoms with E-state index in [1.165, 1.54) is 0 Å². The Kier molecular flexibility index (Phi) is 3.58. The van der Waals surface area contributed by atoms with Crippen molar-refractivity contribution in [3.8, 4) is 0 Å². The highest BCUT2D eigenvalue weighted by molar-refractivity contribution is 8.00. The number of carbonyl (C=O) groups is 1. The quantitative estimate of drug-likeness (QED) is 0.750. The highest BCUT2D eigenvalue weighted by atomic mass is 32.2. The summed E-state index contributed by atoms with van der Waals surface area (Å²) in [6.07, 6.45) is 0. The van der Waals surface area contributed by atoms with Gasteiger partial charge in [0.15, 0.2) is 0 Å². The molecule has 7 heteroatoms. The molecule has 0 spiro atoms. The van der Waals surface area contributed by atoms with Crippen molar-refractivity contribution in [2.45, 2.75) is 19.9 Å². The minimum absolute atomic E-state index is 0.0788. The summed E-state index contributed by atoms with van der Waals surface area (Å²) < 4.78 is 25.1. The van der Waals surface area contributed by atoms with Crippen molar-refractivity contribution in [1.82, 2.24) is 9.21 Å². The molecule has 1 atom stereocenters. The molecule has 5 nitrogen and oxygen atoms in total. The number of carbonyl (C=O) groups excluding carboxylic acids is 1. The fourth-order valence-corrected chi connectivity index (χ4v) is 5.49. The summed E-state index contributed by atoms with van der Waals surface area (Å²) in [6, 6.07) is -0.495. The summed E-state index contributed by atoms with van der Waals surface area (Å²) in [5.74, 6) is 1.75. The minimum atomic E-state index is -3.39. The Labute approximate surface area is 107 Å². The van der Waals surface area contributed by atoms with Gasteiger partial charge < -0.3 is 4.90 Å². The fraction of sp³-hybridized carbons (Fsp3) is 0.900. The van der Waals surface area contributed by atoms with E-state index in [4.69, 9.17) is 0 Å². The average molecular weight is 278 g/mol. The van der Waals surface area contributed by atoms with E-state index < -0.39 is 10.0 Å². The standard InChI is InChI=1S/C10H18N2O3S2/c1-8(2)5-11-6-9-7-16-3-4-17(14,15)12(9)10(11)13/h8-9H,3-7H2,1-2H3/t9-/m1/s1. The second-order valence-electron chi connectivity index (χ2n) is 4.92. The normalized spacial score (nSPS) is 28.4. The molecule has 0 aromatic heterocycles. The van der Waals surface area contributed by atoms with Gasteiger partial charge in [0.25, 0.3) is 0 Å². The molecule has 0 aliphatic carbocycles. The molecular formula is C10H18N2O3S2. The first kappa shape index (κ1) is 13.0. The van der Waals surface area contributed by atoms with Crippen molar-refractivity contribution in [1.29, 1.82) is 0 Å². The maximum atomic E-state index is 12.1. The Hall–Kier alpha value is -0.430. The average Bonchev–Trinajstić information content (AvgIpc) is 2.41. The van der Waals surface area contributed by atoms with E-state index >= 15 is 0 Å². The summed E-state index contributed by atoms with van der Waals surface area (Å²) in [6.45, 7) is 5.23. The first-order valence-corrected chi connectivity index (χ1v) is 8.57. The van der Waals surface area contributed by atoms with E-state index in [0.29, 0.717) is 24.8 Å². The summed E-state index contributed by atoms with van der Waals surface area (Å²) in [7, 11) is -3.39. The van der Waals surface area contributed by atoms with E-state index in [1.54, 1.807) is 16.7 Å². The molecule has 17 heavy (non-hydrogen) atoms. The number of hydrogen-bond donors (Lipinski definition) is 0. The highest BCUT2D eigenvalue weighted by Gasteiger charge is 2.45. The van der Waals surface area contributed by atoms with Crippen molar-refractivity contribution < 1.29 is 13.2 Å². The van der Waals surface area contributed by atoms with Crippen LogP contribution in [0.4, 0.5) is 4.79 Å². The lowest BCUT2D eigenvalue weighted by atomic mass is 10.2. The Balaban J connectivity index is 2.22. The van der Waals surface area contributed by atoms with Crippen LogP contribution in [-0.4, -0.2) is 60.0 Å². The summed E-state index contributed by atoms with van der Waals surface area (Å²) in [5.41, 5.74) is 0. The molecule has 2 aliphatic heterocycles. The molecule has 0 unspecified atom stereocenters. The second kappa shape index (κ2) is 4.68. The van der Waals surface area contributed by atoms with Crippen LogP contribution < -0.4 is 0 Å². The third kappa shape index (κ3) is 2.54. The van der Waals surface area contributed by atoms with Gasteiger partial charge in [-0.05, 0) is 5.92 Å². The SMILES string of the molecule is CC(C)CN1C[C@@H]2CSCCS(=O)(=O)N2C1=O. The van der Waals surface area contributed by atoms with E-state index in [0.717, 1.165) is 10.1 Å². The van der Waals surface area contributed by atoms with Crippen LogP contribution >= 0.6 is 11.8 Å². The van der Waals surface area contributed by atoms with Crippen molar-refractivity contribution in [3.05, 3.63) is 0 Å². The number of hydrogen-bond acceptors (Lipinski definition) is 4. The number of sulfonamides is 1. The number of fused-ring (bicyclic) bond motifs is 1. The summed E-state index contributed by atoms with van der Waals surface area (Å²) in [4.78, 5) is 13.8. The van der Waals surface area contributed by atoms with Gasteiger partial charge in [-0.2, -0.15) is 11.8 Å². The molecule has 0 saturated carbocycles. The lowest BCUT2D eigenvalue weighted by Crippen LogP contribution is -2.41. The van der Waals surface area contributed by atoms with Gasteiger partial charge in [-0.25, -0.2) is 17.5 Å². The van der Waals surface area contributed by atoms with Gasteiger partial charge in [0, 0.05) is 24.6 Å². The van der Waals surface area contributed by atoms with Crippen LogP contribution in [0.5, 0.6) is 0 Å². The van der Waals surface area contributed by atoms with Gasteiger partial charge >= 0.3 is 6.03 Å². The van der Waals surface area contributed by atoms with Crippen LogP contribution in [0.15, 0.2) is 0 Å². The number of amides is 2. The molecule has 2 amide bonds. The summed E-state index contributed by atoms with van der Waals surface area (Å²) in [5, 5.41) is 0. The third-order valence-electron chi connectivity index (χ3n) is 2.90. The van der Waals surface area contributed by atoms with Crippen LogP contribution in [0.2, 0.25) is 0 Å². The first-order valence-electron chi connectivity index (χ1n) is 5.80. The molecule has 0 N–H and O–H groups in total. The molecule has 0 aromatic rings. The van der Waals surface area contributed by atoms with Gasteiger partial charge in [-0.15, -0.1) is 0 Å². The third-order valence-corrected chi connectivity index (χ3v) is 6.05. The first-order chi connectivity index (χ1) is 7.92. The lowest BCUT2D eigenvalue weighted by molar-refractivity contribution is 0.201. The van der Waals surface area contributed by atoms with E-state index in [1.807, 2.05) is 13.8 Å². The molecule has 0 radical (unpaired) electrons. The Bertz CT molecular complexity index is 408. The van der Waals surface area contributed by atoms with Gasteiger partial charge in [0.2, 0.25) is 10.0 Å². The largest absolute Gasteiger partial charge is 0.334 e. The zero-order valence-corrected chi connectivity index (χ0v) is 11.8. The molecule has 0 aromatic carbocycles. The highest BCUT2D eigenvalue weighted by Crippen LogP contribution is 2.27. The van der Waals surface area contributed by atoms with E-state index in [9.17, 15) is 13.2 Å². The smallest absolute Gasteiger partial charge is 0.321 e. The zero-order chi connectivity index (χ0) is 12.6. The molecule has 2 heterocycles. The van der Waals surface area contributed by atoms with E-state index in [-0.39, 0.29) is 17.8 Å². The molecule has 2 saturated heterocycles. The lowest BCUT2D eigenvalue weighted by Gasteiger charge is -2.20.